The van der Waals surface area contributed by atoms with Gasteiger partial charge >= 0.3 is 0 Å². The Morgan fingerprint density at radius 2 is 1.68 bits per heavy atom. The molecule has 6 heteroatoms. The number of amides is 1. The van der Waals surface area contributed by atoms with Gasteiger partial charge in [0.15, 0.2) is 11.5 Å². The van der Waals surface area contributed by atoms with Gasteiger partial charge in [-0.15, -0.1) is 0 Å². The second-order valence-electron chi connectivity index (χ2n) is 7.51. The normalized spacial score (nSPS) is 19.1. The van der Waals surface area contributed by atoms with Crippen LogP contribution in [0.4, 0.5) is 5.69 Å². The van der Waals surface area contributed by atoms with Crippen molar-refractivity contribution in [3.63, 3.8) is 0 Å². The van der Waals surface area contributed by atoms with Crippen molar-refractivity contribution in [1.82, 2.24) is 9.80 Å². The van der Waals surface area contributed by atoms with Crippen molar-refractivity contribution in [1.29, 1.82) is 0 Å². The molecule has 0 saturated carbocycles. The van der Waals surface area contributed by atoms with E-state index in [4.69, 9.17) is 9.47 Å². The van der Waals surface area contributed by atoms with E-state index in [0.29, 0.717) is 13.2 Å². The summed E-state index contributed by atoms with van der Waals surface area (Å²) in [7, 11) is 0. The first kappa shape index (κ1) is 17.4. The van der Waals surface area contributed by atoms with Crippen molar-refractivity contribution >= 4 is 11.6 Å². The van der Waals surface area contributed by atoms with Gasteiger partial charge in [0.05, 0.1) is 5.69 Å². The van der Waals surface area contributed by atoms with E-state index in [1.165, 1.54) is 0 Å². The molecule has 146 valence electrons. The molecule has 0 spiro atoms. The Morgan fingerprint density at radius 1 is 0.857 bits per heavy atom. The molecule has 6 nitrogen and oxygen atoms in total. The first-order valence-electron chi connectivity index (χ1n) is 10.0. The standard InChI is InChI=1S/C22H25N3O3/c26-22-18-5-2-1-4-17(18)16-25(22)13-10-23-8-11-24(12-9-23)19-6-3-7-20-21(19)28-15-14-27-20/h1-7H,8-16H2. The monoisotopic (exact) mass is 379 g/mol. The van der Waals surface area contributed by atoms with Gasteiger partial charge in [0.1, 0.15) is 13.2 Å². The van der Waals surface area contributed by atoms with Crippen molar-refractivity contribution in [2.75, 3.05) is 57.4 Å². The third kappa shape index (κ3) is 3.18. The molecule has 1 saturated heterocycles. The molecule has 2 aromatic carbocycles. The number of carbonyl (C=O) groups is 1. The lowest BCUT2D eigenvalue weighted by Gasteiger charge is -2.37. The molecule has 2 aromatic rings. The largest absolute Gasteiger partial charge is 0.486 e. The van der Waals surface area contributed by atoms with E-state index in [9.17, 15) is 4.79 Å². The zero-order valence-electron chi connectivity index (χ0n) is 16.0. The van der Waals surface area contributed by atoms with E-state index in [2.05, 4.69) is 21.9 Å². The number of fused-ring (bicyclic) bond motifs is 2. The highest BCUT2D eigenvalue weighted by molar-refractivity contribution is 5.98. The van der Waals surface area contributed by atoms with Crippen LogP contribution in [0.2, 0.25) is 0 Å². The lowest BCUT2D eigenvalue weighted by Crippen LogP contribution is -2.48. The van der Waals surface area contributed by atoms with Crippen molar-refractivity contribution < 1.29 is 14.3 Å². The smallest absolute Gasteiger partial charge is 0.254 e. The Labute approximate surface area is 165 Å². The number of benzene rings is 2. The van der Waals surface area contributed by atoms with Crippen LogP contribution < -0.4 is 14.4 Å². The van der Waals surface area contributed by atoms with Gasteiger partial charge in [-0.3, -0.25) is 9.69 Å². The Morgan fingerprint density at radius 3 is 2.54 bits per heavy atom. The summed E-state index contributed by atoms with van der Waals surface area (Å²) in [5.41, 5.74) is 3.14. The number of piperazine rings is 1. The van der Waals surface area contributed by atoms with E-state index in [1.807, 2.05) is 35.2 Å². The summed E-state index contributed by atoms with van der Waals surface area (Å²) in [4.78, 5) is 19.3. The van der Waals surface area contributed by atoms with Crippen LogP contribution in [0.15, 0.2) is 42.5 Å². The topological polar surface area (TPSA) is 45.3 Å². The number of nitrogens with zero attached hydrogens (tertiary/aromatic N) is 3. The Balaban J connectivity index is 1.16. The zero-order valence-corrected chi connectivity index (χ0v) is 16.0. The van der Waals surface area contributed by atoms with Crippen molar-refractivity contribution in [2.24, 2.45) is 0 Å². The van der Waals surface area contributed by atoms with Crippen molar-refractivity contribution in [2.45, 2.75) is 6.54 Å². The van der Waals surface area contributed by atoms with Crippen molar-refractivity contribution in [3.05, 3.63) is 53.6 Å². The second-order valence-corrected chi connectivity index (χ2v) is 7.51. The lowest BCUT2D eigenvalue weighted by molar-refractivity contribution is 0.0756. The molecule has 0 bridgehead atoms. The fourth-order valence-electron chi connectivity index (χ4n) is 4.28. The highest BCUT2D eigenvalue weighted by Gasteiger charge is 2.28. The summed E-state index contributed by atoms with van der Waals surface area (Å²) in [6.45, 7) is 7.54. The number of carbonyl (C=O) groups excluding carboxylic acids is 1. The summed E-state index contributed by atoms with van der Waals surface area (Å²) in [6.07, 6.45) is 0. The first-order chi connectivity index (χ1) is 13.8. The van der Waals surface area contributed by atoms with E-state index >= 15 is 0 Å². The zero-order chi connectivity index (χ0) is 18.9. The molecule has 0 N–H and O–H groups in total. The van der Waals surface area contributed by atoms with E-state index < -0.39 is 0 Å². The van der Waals surface area contributed by atoms with Crippen LogP contribution in [-0.4, -0.2) is 68.2 Å². The third-order valence-corrected chi connectivity index (χ3v) is 5.84. The predicted molar refractivity (Wildman–Crippen MR) is 107 cm³/mol. The van der Waals surface area contributed by atoms with Crippen LogP contribution in [0.1, 0.15) is 15.9 Å². The molecule has 1 fully saturated rings. The molecular weight excluding hydrogens is 354 g/mol. The van der Waals surface area contributed by atoms with Crippen LogP contribution in [0.25, 0.3) is 0 Å². The summed E-state index contributed by atoms with van der Waals surface area (Å²) in [5, 5.41) is 0. The van der Waals surface area contributed by atoms with Crippen LogP contribution in [0.5, 0.6) is 11.5 Å². The molecule has 0 radical (unpaired) electrons. The minimum Gasteiger partial charge on any atom is -0.486 e. The quantitative estimate of drug-likeness (QED) is 0.815. The number of para-hydroxylation sites is 1. The van der Waals surface area contributed by atoms with Gasteiger partial charge in [0, 0.05) is 51.4 Å². The summed E-state index contributed by atoms with van der Waals surface area (Å²) < 4.78 is 11.6. The van der Waals surface area contributed by atoms with Crippen LogP contribution >= 0.6 is 0 Å². The molecule has 0 unspecified atom stereocenters. The minimum atomic E-state index is 0.169. The van der Waals surface area contributed by atoms with Crippen LogP contribution in [-0.2, 0) is 6.54 Å². The number of hydrogen-bond donors (Lipinski definition) is 0. The number of rotatable bonds is 4. The molecule has 0 aromatic heterocycles. The Kier molecular flexibility index (Phi) is 4.56. The molecule has 3 aliphatic heterocycles. The molecular formula is C22H25N3O3. The lowest BCUT2D eigenvalue weighted by atomic mass is 10.1. The number of hydrogen-bond acceptors (Lipinski definition) is 5. The molecule has 0 atom stereocenters. The molecule has 28 heavy (non-hydrogen) atoms. The fraction of sp³-hybridized carbons (Fsp3) is 0.409. The molecule has 3 aliphatic rings. The average molecular weight is 379 g/mol. The minimum absolute atomic E-state index is 0.169. The maximum absolute atomic E-state index is 12.5. The van der Waals surface area contributed by atoms with E-state index in [0.717, 1.165) is 74.1 Å². The van der Waals surface area contributed by atoms with E-state index in [-0.39, 0.29) is 5.91 Å². The van der Waals surface area contributed by atoms with Crippen LogP contribution in [0, 0.1) is 0 Å². The Bertz CT molecular complexity index is 877. The van der Waals surface area contributed by atoms with Crippen molar-refractivity contribution in [3.8, 4) is 11.5 Å². The SMILES string of the molecule is O=C1c2ccccc2CN1CCN1CCN(c2cccc3c2OCCO3)CC1. The van der Waals surface area contributed by atoms with Gasteiger partial charge in [-0.05, 0) is 23.8 Å². The molecule has 1 amide bonds. The van der Waals surface area contributed by atoms with Gasteiger partial charge in [0.2, 0.25) is 0 Å². The highest BCUT2D eigenvalue weighted by Crippen LogP contribution is 2.39. The highest BCUT2D eigenvalue weighted by atomic mass is 16.6. The second kappa shape index (κ2) is 7.36. The molecule has 5 rings (SSSR count). The predicted octanol–water partition coefficient (Wildman–Crippen LogP) is 2.24. The van der Waals surface area contributed by atoms with Gasteiger partial charge in [0.25, 0.3) is 5.91 Å². The fourth-order valence-corrected chi connectivity index (χ4v) is 4.28. The first-order valence-corrected chi connectivity index (χ1v) is 10.0. The molecule has 3 heterocycles. The van der Waals surface area contributed by atoms with Gasteiger partial charge in [-0.1, -0.05) is 24.3 Å². The van der Waals surface area contributed by atoms with E-state index in [1.54, 1.807) is 0 Å². The van der Waals surface area contributed by atoms with Gasteiger partial charge in [-0.25, -0.2) is 0 Å². The van der Waals surface area contributed by atoms with Crippen LogP contribution in [0.3, 0.4) is 0 Å². The molecule has 0 aliphatic carbocycles. The maximum atomic E-state index is 12.5. The number of ether oxygens (including phenoxy) is 2. The van der Waals surface area contributed by atoms with Gasteiger partial charge in [-0.2, -0.15) is 0 Å². The summed E-state index contributed by atoms with van der Waals surface area (Å²) in [6, 6.07) is 14.1. The third-order valence-electron chi connectivity index (χ3n) is 5.84. The summed E-state index contributed by atoms with van der Waals surface area (Å²) in [5.74, 6) is 1.89. The van der Waals surface area contributed by atoms with Gasteiger partial charge < -0.3 is 19.3 Å². The number of anilines is 1. The summed E-state index contributed by atoms with van der Waals surface area (Å²) >= 11 is 0. The Hall–Kier alpha value is -2.73. The maximum Gasteiger partial charge on any atom is 0.254 e. The average Bonchev–Trinajstić information content (AvgIpc) is 3.08.